The van der Waals surface area contributed by atoms with Gasteiger partial charge in [-0.3, -0.25) is 14.2 Å². The van der Waals surface area contributed by atoms with Crippen LogP contribution in [0.15, 0.2) is 15.9 Å². The molecule has 0 bridgehead atoms. The second-order valence-corrected chi connectivity index (χ2v) is 4.32. The number of hydrogen-bond donors (Lipinski definition) is 0. The van der Waals surface area contributed by atoms with Gasteiger partial charge in [0.1, 0.15) is 7.15 Å². The van der Waals surface area contributed by atoms with Crippen molar-refractivity contribution in [3.8, 4) is 0 Å². The summed E-state index contributed by atoms with van der Waals surface area (Å²) in [5.74, 6) is -2.76. The molecule has 0 amide bonds. The van der Waals surface area contributed by atoms with Gasteiger partial charge in [-0.2, -0.15) is 4.57 Å². The van der Waals surface area contributed by atoms with E-state index in [9.17, 15) is 19.2 Å². The van der Waals surface area contributed by atoms with Crippen LogP contribution in [0, 0.1) is 0 Å². The van der Waals surface area contributed by atoms with Crippen LogP contribution < -0.4 is 11.2 Å². The van der Waals surface area contributed by atoms with E-state index in [-0.39, 0.29) is 22.0 Å². The zero-order chi connectivity index (χ0) is 20.9. The topological polar surface area (TPSA) is 96.0 Å². The molecule has 21 heavy (non-hydrogen) atoms. The molecule has 8 nitrogen and oxygen atoms in total. The van der Waals surface area contributed by atoms with Crippen LogP contribution in [0.25, 0.3) is 11.2 Å². The molecule has 0 aromatic carbocycles. The van der Waals surface area contributed by atoms with Crippen molar-refractivity contribution in [1.29, 1.82) is 0 Å². The second-order valence-electron chi connectivity index (χ2n) is 4.32. The fourth-order valence-electron chi connectivity index (χ4n) is 1.90. The molecule has 0 atom stereocenters. The average Bonchev–Trinajstić information content (AvgIpc) is 2.85. The molecule has 2 aromatic heterocycles. The summed E-state index contributed by atoms with van der Waals surface area (Å²) in [7, 11) is 2.60. The Morgan fingerprint density at radius 2 is 2.14 bits per heavy atom. The first-order chi connectivity index (χ1) is 12.2. The van der Waals surface area contributed by atoms with Crippen LogP contribution in [-0.2, 0) is 18.9 Å². The maximum Gasteiger partial charge on any atom is 0.339 e. The molecule has 0 spiro atoms. The van der Waals surface area contributed by atoms with E-state index in [1.54, 1.807) is 0 Å². The third-order valence-corrected chi connectivity index (χ3v) is 2.93. The molecule has 0 aliphatic heterocycles. The van der Waals surface area contributed by atoms with E-state index in [1.807, 2.05) is 0 Å². The lowest BCUT2D eigenvalue weighted by molar-refractivity contribution is -0.117. The van der Waals surface area contributed by atoms with Crippen molar-refractivity contribution in [2.75, 3.05) is 0 Å². The number of aryl methyl sites for hydroxylation is 2. The molecule has 8 heteroatoms. The maximum absolute atomic E-state index is 12.5. The van der Waals surface area contributed by atoms with Crippen molar-refractivity contribution in [1.82, 2.24) is 18.7 Å². The molecule has 2 aromatic rings. The molecular weight excluding hydrogens is 276 g/mol. The van der Waals surface area contributed by atoms with Gasteiger partial charge in [-0.25, -0.2) is 9.78 Å². The number of carbonyl (C=O) groups is 2. The van der Waals surface area contributed by atoms with Gasteiger partial charge in [0.05, 0.1) is 6.30 Å². The van der Waals surface area contributed by atoms with Gasteiger partial charge in [-0.05, 0) is 13.3 Å². The summed E-state index contributed by atoms with van der Waals surface area (Å²) < 4.78 is 45.9. The number of ketones is 1. The predicted molar refractivity (Wildman–Crippen MR) is 75.4 cm³/mol. The van der Waals surface area contributed by atoms with Crippen LogP contribution in [0.1, 0.15) is 39.1 Å². The standard InChI is InChI=1S/C13H16N4O4/c1-8(18)5-4-6-9(19)17-12(20)10-11(14-7-15(10)2)16(3)13(17)21/h7H,4-6H2,1-3H3/i1D3,5D2,7D. The van der Waals surface area contributed by atoms with Gasteiger partial charge in [0.25, 0.3) is 5.56 Å². The number of fused-ring (bicyclic) bond motifs is 1. The maximum atomic E-state index is 12.5. The van der Waals surface area contributed by atoms with Gasteiger partial charge in [0, 0.05) is 33.7 Å². The first-order valence-corrected chi connectivity index (χ1v) is 5.93. The fraction of sp³-hybridized carbons (Fsp3) is 0.462. The molecular formula is C13H16N4O4. The lowest BCUT2D eigenvalue weighted by atomic mass is 10.2. The zero-order valence-corrected chi connectivity index (χ0v) is 11.3. The fourth-order valence-corrected chi connectivity index (χ4v) is 1.90. The molecule has 0 fully saturated rings. The molecule has 0 saturated heterocycles. The summed E-state index contributed by atoms with van der Waals surface area (Å²) in [6.45, 7) is -3.18. The van der Waals surface area contributed by atoms with Crippen molar-refractivity contribution >= 4 is 22.9 Å². The number of carbonyl (C=O) groups excluding carboxylic acids is 2. The first-order valence-electron chi connectivity index (χ1n) is 8.93. The van der Waals surface area contributed by atoms with Gasteiger partial charge < -0.3 is 9.36 Å². The Labute approximate surface area is 128 Å². The van der Waals surface area contributed by atoms with Gasteiger partial charge in [-0.15, -0.1) is 0 Å². The minimum atomic E-state index is -3.18. The summed E-state index contributed by atoms with van der Waals surface area (Å²) >= 11 is 0. The Morgan fingerprint density at radius 1 is 1.43 bits per heavy atom. The Bertz CT molecular complexity index is 1060. The smallest absolute Gasteiger partial charge is 0.328 e. The van der Waals surface area contributed by atoms with Crippen molar-refractivity contribution in [2.24, 2.45) is 14.1 Å². The average molecular weight is 298 g/mol. The Hall–Kier alpha value is -2.51. The van der Waals surface area contributed by atoms with Gasteiger partial charge in [0.2, 0.25) is 5.91 Å². The number of Topliss-reactive ketones (excluding diaryl/α,β-unsaturated/α-hetero) is 1. The Balaban J connectivity index is 2.45. The summed E-state index contributed by atoms with van der Waals surface area (Å²) in [4.78, 5) is 52.6. The van der Waals surface area contributed by atoms with E-state index >= 15 is 0 Å². The van der Waals surface area contributed by atoms with Crippen LogP contribution in [-0.4, -0.2) is 30.4 Å². The van der Waals surface area contributed by atoms with Crippen LogP contribution in [0.4, 0.5) is 0 Å². The van der Waals surface area contributed by atoms with E-state index in [0.29, 0.717) is 0 Å². The van der Waals surface area contributed by atoms with Crippen LogP contribution in [0.3, 0.4) is 0 Å². The third-order valence-electron chi connectivity index (χ3n) is 2.93. The van der Waals surface area contributed by atoms with E-state index in [0.717, 1.165) is 9.13 Å². The van der Waals surface area contributed by atoms with Crippen molar-refractivity contribution < 1.29 is 17.8 Å². The third kappa shape index (κ3) is 2.56. The largest absolute Gasteiger partial charge is 0.339 e. The van der Waals surface area contributed by atoms with E-state index in [2.05, 4.69) is 4.98 Å². The highest BCUT2D eigenvalue weighted by molar-refractivity contribution is 5.82. The minimum absolute atomic E-state index is 0.0885. The van der Waals surface area contributed by atoms with Gasteiger partial charge in [0.15, 0.2) is 11.2 Å². The second kappa shape index (κ2) is 5.47. The normalized spacial score (nSPS) is 16.5. The highest BCUT2D eigenvalue weighted by Crippen LogP contribution is 2.04. The molecule has 2 heterocycles. The molecule has 0 radical (unpaired) electrons. The molecule has 2 rings (SSSR count). The zero-order valence-electron chi connectivity index (χ0n) is 17.3. The van der Waals surface area contributed by atoms with Crippen LogP contribution in [0.5, 0.6) is 0 Å². The summed E-state index contributed by atoms with van der Waals surface area (Å²) in [5.41, 5.74) is -2.33. The Kier molecular flexibility index (Phi) is 2.27. The first kappa shape index (κ1) is 8.71. The molecule has 112 valence electrons. The summed E-state index contributed by atoms with van der Waals surface area (Å²) in [6.07, 6.45) is -4.70. The SMILES string of the molecule is [2H]c1nc2c(c(=O)n(C(=O)CCC([2H])([2H])C(=O)C([2H])([2H])[2H])c(=O)n2C)n1C. The highest BCUT2D eigenvalue weighted by Gasteiger charge is 2.19. The number of aromatic nitrogens is 4. The number of imidazole rings is 1. The lowest BCUT2D eigenvalue weighted by Crippen LogP contribution is -2.43. The van der Waals surface area contributed by atoms with E-state index in [1.165, 1.54) is 14.1 Å². The van der Waals surface area contributed by atoms with Gasteiger partial charge in [-0.1, -0.05) is 0 Å². The highest BCUT2D eigenvalue weighted by atomic mass is 16.2. The molecule has 0 unspecified atom stereocenters. The predicted octanol–water partition coefficient (Wildman–Crippen LogP) is -0.167. The number of rotatable bonds is 4. The van der Waals surface area contributed by atoms with Crippen LogP contribution in [0.2, 0.25) is 0 Å². The summed E-state index contributed by atoms with van der Waals surface area (Å²) in [6, 6.07) is 0. The van der Waals surface area contributed by atoms with Gasteiger partial charge >= 0.3 is 5.69 Å². The molecule has 0 aliphatic carbocycles. The molecule has 0 aliphatic rings. The number of hydrogen-bond acceptors (Lipinski definition) is 5. The van der Waals surface area contributed by atoms with Crippen LogP contribution >= 0.6 is 0 Å². The molecule has 0 saturated carbocycles. The van der Waals surface area contributed by atoms with Crippen molar-refractivity contribution in [2.45, 2.75) is 26.1 Å². The summed E-state index contributed by atoms with van der Waals surface area (Å²) in [5, 5.41) is 0. The number of nitrogens with zero attached hydrogens (tertiary/aromatic N) is 4. The van der Waals surface area contributed by atoms with Crippen molar-refractivity contribution in [3.05, 3.63) is 27.1 Å². The molecule has 0 N–H and O–H groups in total. The van der Waals surface area contributed by atoms with E-state index < -0.39 is 49.0 Å². The van der Waals surface area contributed by atoms with E-state index in [4.69, 9.17) is 8.22 Å². The monoisotopic (exact) mass is 298 g/mol. The minimum Gasteiger partial charge on any atom is -0.328 e. The lowest BCUT2D eigenvalue weighted by Gasteiger charge is -2.07. The van der Waals surface area contributed by atoms with Crippen molar-refractivity contribution in [3.63, 3.8) is 0 Å². The quantitative estimate of drug-likeness (QED) is 0.781. The Morgan fingerprint density at radius 3 is 2.81 bits per heavy atom.